The summed E-state index contributed by atoms with van der Waals surface area (Å²) in [5, 5.41) is 13.6. The molecule has 2 heterocycles. The molecular formula is C23H29F3N6O2. The second-order valence-corrected chi connectivity index (χ2v) is 9.29. The highest BCUT2D eigenvalue weighted by atomic mass is 19.4. The Morgan fingerprint density at radius 3 is 2.24 bits per heavy atom. The number of amides is 3. The molecule has 184 valence electrons. The molecule has 0 radical (unpaired) electrons. The number of carbonyl (C=O) groups is 2. The lowest BCUT2D eigenvalue weighted by molar-refractivity contribution is -0.138. The van der Waals surface area contributed by atoms with E-state index >= 15 is 0 Å². The number of anilines is 2. The number of alkyl halides is 3. The number of rotatable bonds is 5. The molecule has 2 aromatic rings. The Hall–Kier alpha value is -3.37. The van der Waals surface area contributed by atoms with Crippen LogP contribution in [0.25, 0.3) is 0 Å². The molecule has 3 rings (SSSR count). The standard InChI is InChI=1S/C23H29F3N6O2/c1-22(2,3)10-11-27-21(34)28-18-8-9-19(30-29-18)31-12-14-32(15-13-31)20(33)16-6-4-5-7-17(16)23(24,25)26/h4-9H,10-15H2,1-3H3,(H2,27,28,29,34). The van der Waals surface area contributed by atoms with Gasteiger partial charge in [0, 0.05) is 32.7 Å². The number of aromatic nitrogens is 2. The maximum atomic E-state index is 13.3. The largest absolute Gasteiger partial charge is 0.417 e. The Labute approximate surface area is 196 Å². The third kappa shape index (κ3) is 6.82. The number of hydrogen-bond donors (Lipinski definition) is 2. The van der Waals surface area contributed by atoms with Gasteiger partial charge in [0.15, 0.2) is 11.6 Å². The Bertz CT molecular complexity index is 997. The summed E-state index contributed by atoms with van der Waals surface area (Å²) in [5.41, 5.74) is -1.16. The van der Waals surface area contributed by atoms with E-state index in [0.717, 1.165) is 12.5 Å². The van der Waals surface area contributed by atoms with Crippen LogP contribution in [0.15, 0.2) is 36.4 Å². The predicted octanol–water partition coefficient (Wildman–Crippen LogP) is 4.02. The molecule has 0 saturated carbocycles. The minimum Gasteiger partial charge on any atom is -0.352 e. The molecule has 0 unspecified atom stereocenters. The highest BCUT2D eigenvalue weighted by Gasteiger charge is 2.36. The first-order chi connectivity index (χ1) is 15.9. The molecule has 2 N–H and O–H groups in total. The van der Waals surface area contributed by atoms with E-state index in [0.29, 0.717) is 31.3 Å². The van der Waals surface area contributed by atoms with Crippen LogP contribution < -0.4 is 15.5 Å². The van der Waals surface area contributed by atoms with Crippen molar-refractivity contribution in [3.63, 3.8) is 0 Å². The summed E-state index contributed by atoms with van der Waals surface area (Å²) in [7, 11) is 0. The fourth-order valence-corrected chi connectivity index (χ4v) is 3.50. The first-order valence-electron chi connectivity index (χ1n) is 11.0. The smallest absolute Gasteiger partial charge is 0.352 e. The van der Waals surface area contributed by atoms with Crippen molar-refractivity contribution < 1.29 is 22.8 Å². The van der Waals surface area contributed by atoms with Gasteiger partial charge in [-0.25, -0.2) is 4.79 Å². The van der Waals surface area contributed by atoms with Gasteiger partial charge < -0.3 is 15.1 Å². The van der Waals surface area contributed by atoms with Crippen LogP contribution in [-0.4, -0.2) is 59.8 Å². The molecule has 3 amide bonds. The van der Waals surface area contributed by atoms with Crippen molar-refractivity contribution in [2.24, 2.45) is 5.41 Å². The van der Waals surface area contributed by atoms with Gasteiger partial charge in [-0.2, -0.15) is 13.2 Å². The van der Waals surface area contributed by atoms with Crippen LogP contribution in [0.5, 0.6) is 0 Å². The van der Waals surface area contributed by atoms with Gasteiger partial charge in [-0.3, -0.25) is 10.1 Å². The molecule has 1 fully saturated rings. The zero-order valence-corrected chi connectivity index (χ0v) is 19.4. The van der Waals surface area contributed by atoms with Crippen LogP contribution in [0.4, 0.5) is 29.6 Å². The van der Waals surface area contributed by atoms with E-state index in [4.69, 9.17) is 0 Å². The monoisotopic (exact) mass is 478 g/mol. The van der Waals surface area contributed by atoms with E-state index in [-0.39, 0.29) is 30.1 Å². The van der Waals surface area contributed by atoms with E-state index < -0.39 is 17.6 Å². The fraction of sp³-hybridized carbons (Fsp3) is 0.478. The molecule has 1 aromatic carbocycles. The lowest BCUT2D eigenvalue weighted by Gasteiger charge is -2.35. The normalized spacial score (nSPS) is 14.6. The number of nitrogens with one attached hydrogen (secondary N) is 2. The van der Waals surface area contributed by atoms with Gasteiger partial charge in [-0.15, -0.1) is 10.2 Å². The molecule has 0 atom stereocenters. The summed E-state index contributed by atoms with van der Waals surface area (Å²) < 4.78 is 39.8. The van der Waals surface area contributed by atoms with Gasteiger partial charge in [0.05, 0.1) is 11.1 Å². The molecule has 0 spiro atoms. The van der Waals surface area contributed by atoms with Gasteiger partial charge in [-0.1, -0.05) is 32.9 Å². The minimum atomic E-state index is -4.59. The quantitative estimate of drug-likeness (QED) is 0.678. The number of benzene rings is 1. The Morgan fingerprint density at radius 1 is 0.971 bits per heavy atom. The molecule has 0 aliphatic carbocycles. The molecule has 1 saturated heterocycles. The molecule has 0 bridgehead atoms. The van der Waals surface area contributed by atoms with E-state index in [9.17, 15) is 22.8 Å². The SMILES string of the molecule is CC(C)(C)CCNC(=O)Nc1ccc(N2CCN(C(=O)c3ccccc3C(F)(F)F)CC2)nn1. The van der Waals surface area contributed by atoms with Crippen molar-refractivity contribution in [3.8, 4) is 0 Å². The second-order valence-electron chi connectivity index (χ2n) is 9.29. The molecule has 11 heteroatoms. The van der Waals surface area contributed by atoms with Gasteiger partial charge in [0.2, 0.25) is 0 Å². The van der Waals surface area contributed by atoms with Crippen LogP contribution in [-0.2, 0) is 6.18 Å². The molecule has 8 nitrogen and oxygen atoms in total. The Kier molecular flexibility index (Phi) is 7.63. The van der Waals surface area contributed by atoms with Crippen LogP contribution >= 0.6 is 0 Å². The first-order valence-corrected chi connectivity index (χ1v) is 11.0. The van der Waals surface area contributed by atoms with E-state index in [1.807, 2.05) is 4.90 Å². The lowest BCUT2D eigenvalue weighted by atomic mass is 9.92. The Balaban J connectivity index is 1.53. The molecular weight excluding hydrogens is 449 g/mol. The van der Waals surface area contributed by atoms with Crippen molar-refractivity contribution in [2.45, 2.75) is 33.4 Å². The summed E-state index contributed by atoms with van der Waals surface area (Å²) in [4.78, 5) is 28.0. The van der Waals surface area contributed by atoms with Gasteiger partial charge in [0.25, 0.3) is 5.91 Å². The van der Waals surface area contributed by atoms with Gasteiger partial charge >= 0.3 is 12.2 Å². The van der Waals surface area contributed by atoms with Crippen LogP contribution in [0.1, 0.15) is 43.1 Å². The maximum absolute atomic E-state index is 13.3. The van der Waals surface area contributed by atoms with Crippen molar-refractivity contribution in [1.82, 2.24) is 20.4 Å². The molecule has 1 aliphatic rings. The molecule has 1 aliphatic heterocycles. The number of halogens is 3. The van der Waals surface area contributed by atoms with Crippen molar-refractivity contribution >= 4 is 23.6 Å². The van der Waals surface area contributed by atoms with Gasteiger partial charge in [-0.05, 0) is 36.1 Å². The lowest BCUT2D eigenvalue weighted by Crippen LogP contribution is -2.49. The topological polar surface area (TPSA) is 90.5 Å². The van der Waals surface area contributed by atoms with Crippen LogP contribution in [0.3, 0.4) is 0 Å². The van der Waals surface area contributed by atoms with Crippen molar-refractivity contribution in [1.29, 1.82) is 0 Å². The average Bonchev–Trinajstić information content (AvgIpc) is 2.78. The number of piperazine rings is 1. The summed E-state index contributed by atoms with van der Waals surface area (Å²) in [6, 6.07) is 7.78. The second kappa shape index (κ2) is 10.3. The summed E-state index contributed by atoms with van der Waals surface area (Å²) in [6.45, 7) is 8.11. The highest BCUT2D eigenvalue weighted by Crippen LogP contribution is 2.32. The highest BCUT2D eigenvalue weighted by molar-refractivity contribution is 5.96. The minimum absolute atomic E-state index is 0.116. The van der Waals surface area contributed by atoms with E-state index in [2.05, 4.69) is 41.6 Å². The Morgan fingerprint density at radius 2 is 1.65 bits per heavy atom. The number of nitrogens with zero attached hydrogens (tertiary/aromatic N) is 4. The van der Waals surface area contributed by atoms with Crippen molar-refractivity contribution in [2.75, 3.05) is 42.9 Å². The molecule has 34 heavy (non-hydrogen) atoms. The third-order valence-corrected chi connectivity index (χ3v) is 5.41. The first kappa shape index (κ1) is 25.3. The fourth-order valence-electron chi connectivity index (χ4n) is 3.50. The number of urea groups is 1. The summed E-state index contributed by atoms with van der Waals surface area (Å²) in [5.74, 6) is 0.215. The number of carbonyl (C=O) groups excluding carboxylic acids is 2. The number of hydrogen-bond acceptors (Lipinski definition) is 5. The average molecular weight is 479 g/mol. The predicted molar refractivity (Wildman–Crippen MR) is 123 cm³/mol. The zero-order chi connectivity index (χ0) is 24.9. The van der Waals surface area contributed by atoms with Gasteiger partial charge in [0.1, 0.15) is 0 Å². The van der Waals surface area contributed by atoms with Crippen LogP contribution in [0.2, 0.25) is 0 Å². The third-order valence-electron chi connectivity index (χ3n) is 5.41. The van der Waals surface area contributed by atoms with E-state index in [1.54, 1.807) is 12.1 Å². The maximum Gasteiger partial charge on any atom is 0.417 e. The van der Waals surface area contributed by atoms with Crippen molar-refractivity contribution in [3.05, 3.63) is 47.5 Å². The zero-order valence-electron chi connectivity index (χ0n) is 19.4. The van der Waals surface area contributed by atoms with Crippen LogP contribution in [0, 0.1) is 5.41 Å². The summed E-state index contributed by atoms with van der Waals surface area (Å²) >= 11 is 0. The molecule has 1 aromatic heterocycles. The summed E-state index contributed by atoms with van der Waals surface area (Å²) in [6.07, 6.45) is -3.76. The van der Waals surface area contributed by atoms with E-state index in [1.165, 1.54) is 23.1 Å².